The molecule has 0 saturated heterocycles. The third kappa shape index (κ3) is 6.53. The Kier molecular flexibility index (Phi) is 8.23. The van der Waals surface area contributed by atoms with Gasteiger partial charge in [-0.05, 0) is 61.0 Å². The lowest BCUT2D eigenvalue weighted by molar-refractivity contribution is -0.118. The Morgan fingerprint density at radius 3 is 2.19 bits per heavy atom. The highest BCUT2D eigenvalue weighted by Gasteiger charge is 2.19. The average molecular weight is 534 g/mol. The summed E-state index contributed by atoms with van der Waals surface area (Å²) in [6, 6.07) is 16.6. The van der Waals surface area contributed by atoms with E-state index < -0.39 is 26.0 Å². The molecular weight excluding hydrogens is 506 g/mol. The van der Waals surface area contributed by atoms with Crippen LogP contribution < -0.4 is 19.5 Å². The van der Waals surface area contributed by atoms with Crippen LogP contribution in [-0.2, 0) is 24.8 Å². The summed E-state index contributed by atoms with van der Waals surface area (Å²) in [5.74, 6) is 0.290. The number of benzene rings is 3. The summed E-state index contributed by atoms with van der Waals surface area (Å²) in [6.45, 7) is 1.37. The van der Waals surface area contributed by atoms with Crippen LogP contribution in [0.25, 0.3) is 0 Å². The third-order valence-electron chi connectivity index (χ3n) is 5.09. The first kappa shape index (κ1) is 27.0. The minimum Gasteiger partial charge on any atom is -0.497 e. The molecule has 3 rings (SSSR count). The van der Waals surface area contributed by atoms with Gasteiger partial charge in [-0.3, -0.25) is 9.52 Å². The first-order valence-corrected chi connectivity index (χ1v) is 13.6. The molecule has 0 saturated carbocycles. The van der Waals surface area contributed by atoms with Gasteiger partial charge < -0.3 is 14.8 Å². The van der Waals surface area contributed by atoms with Gasteiger partial charge in [0.1, 0.15) is 11.5 Å². The van der Waals surface area contributed by atoms with Crippen LogP contribution in [0.2, 0.25) is 0 Å². The number of nitrogens with one attached hydrogen (secondary N) is 2. The highest BCUT2D eigenvalue weighted by Crippen LogP contribution is 2.23. The normalized spacial score (nSPS) is 11.7. The summed E-state index contributed by atoms with van der Waals surface area (Å²) in [7, 11) is -3.17. The van der Waals surface area contributed by atoms with E-state index in [1.54, 1.807) is 37.3 Å². The van der Waals surface area contributed by atoms with Crippen LogP contribution in [0, 0.1) is 6.92 Å². The summed E-state index contributed by atoms with van der Waals surface area (Å²) in [5.41, 5.74) is 1.37. The molecule has 0 spiro atoms. The van der Waals surface area contributed by atoms with Crippen molar-refractivity contribution < 1.29 is 31.1 Å². The van der Waals surface area contributed by atoms with Gasteiger partial charge in [-0.2, -0.15) is 0 Å². The maximum atomic E-state index is 12.7. The van der Waals surface area contributed by atoms with E-state index in [0.717, 1.165) is 4.31 Å². The van der Waals surface area contributed by atoms with E-state index in [2.05, 4.69) is 10.0 Å². The lowest BCUT2D eigenvalue weighted by Gasteiger charge is -2.14. The first-order valence-electron chi connectivity index (χ1n) is 10.6. The number of anilines is 2. The molecule has 0 heterocycles. The van der Waals surface area contributed by atoms with Gasteiger partial charge in [0.25, 0.3) is 15.9 Å². The first-order chi connectivity index (χ1) is 16.9. The topological polar surface area (TPSA) is 131 Å². The van der Waals surface area contributed by atoms with Crippen molar-refractivity contribution in [1.82, 2.24) is 4.31 Å². The third-order valence-corrected chi connectivity index (χ3v) is 8.30. The minimum atomic E-state index is -3.85. The predicted octanol–water partition coefficient (Wildman–Crippen LogP) is 3.07. The second kappa shape index (κ2) is 11.0. The number of sulfonamides is 2. The minimum absolute atomic E-state index is 0.0108. The van der Waals surface area contributed by atoms with E-state index in [0.29, 0.717) is 22.7 Å². The maximum Gasteiger partial charge on any atom is 0.262 e. The van der Waals surface area contributed by atoms with Crippen molar-refractivity contribution in [1.29, 1.82) is 0 Å². The number of carbonyl (C=O) groups excluding carboxylic acids is 1. The Morgan fingerprint density at radius 2 is 1.56 bits per heavy atom. The van der Waals surface area contributed by atoms with Gasteiger partial charge in [-0.1, -0.05) is 12.1 Å². The van der Waals surface area contributed by atoms with Crippen LogP contribution in [0.1, 0.15) is 5.56 Å². The number of ether oxygens (including phenoxy) is 2. The molecule has 2 N–H and O–H groups in total. The van der Waals surface area contributed by atoms with Crippen LogP contribution in [-0.4, -0.2) is 54.9 Å². The van der Waals surface area contributed by atoms with Crippen LogP contribution in [0.5, 0.6) is 11.5 Å². The van der Waals surface area contributed by atoms with E-state index in [4.69, 9.17) is 9.47 Å². The molecule has 36 heavy (non-hydrogen) atoms. The zero-order chi connectivity index (χ0) is 26.5. The Labute approximate surface area is 211 Å². The summed E-state index contributed by atoms with van der Waals surface area (Å²) < 4.78 is 64.1. The zero-order valence-electron chi connectivity index (χ0n) is 20.2. The van der Waals surface area contributed by atoms with Crippen molar-refractivity contribution in [2.45, 2.75) is 16.7 Å². The second-order valence-corrected chi connectivity index (χ2v) is 11.7. The second-order valence-electron chi connectivity index (χ2n) is 7.91. The monoisotopic (exact) mass is 533 g/mol. The van der Waals surface area contributed by atoms with Gasteiger partial charge >= 0.3 is 0 Å². The van der Waals surface area contributed by atoms with Crippen LogP contribution >= 0.6 is 0 Å². The molecule has 0 unspecified atom stereocenters. The number of hydrogen-bond acceptors (Lipinski definition) is 7. The highest BCUT2D eigenvalue weighted by molar-refractivity contribution is 7.92. The van der Waals surface area contributed by atoms with Gasteiger partial charge in [0.15, 0.2) is 6.61 Å². The van der Waals surface area contributed by atoms with E-state index >= 15 is 0 Å². The zero-order valence-corrected chi connectivity index (χ0v) is 21.8. The SMILES string of the molecule is COc1cccc(NS(=O)(=O)c2ccc(OCC(=O)Nc3cc(S(=O)(=O)N(C)C)ccc3C)cc2)c1. The van der Waals surface area contributed by atoms with Crippen LogP contribution in [0.15, 0.2) is 76.5 Å². The summed E-state index contributed by atoms with van der Waals surface area (Å²) in [6.07, 6.45) is 0. The number of carbonyl (C=O) groups is 1. The molecule has 10 nitrogen and oxygen atoms in total. The van der Waals surface area contributed by atoms with E-state index in [-0.39, 0.29) is 22.1 Å². The lowest BCUT2D eigenvalue weighted by Crippen LogP contribution is -2.23. The fraction of sp³-hybridized carbons (Fsp3) is 0.208. The fourth-order valence-corrected chi connectivity index (χ4v) is 5.04. The van der Waals surface area contributed by atoms with E-state index in [1.165, 1.54) is 57.6 Å². The molecule has 0 bridgehead atoms. The number of hydrogen-bond donors (Lipinski definition) is 2. The molecule has 3 aromatic rings. The Morgan fingerprint density at radius 1 is 0.889 bits per heavy atom. The van der Waals surface area contributed by atoms with E-state index in [9.17, 15) is 21.6 Å². The number of methoxy groups -OCH3 is 1. The van der Waals surface area contributed by atoms with Crippen molar-refractivity contribution in [3.05, 3.63) is 72.3 Å². The number of rotatable bonds is 10. The Bertz CT molecular complexity index is 1450. The molecule has 0 aromatic heterocycles. The van der Waals surface area contributed by atoms with Crippen LogP contribution in [0.3, 0.4) is 0 Å². The predicted molar refractivity (Wildman–Crippen MR) is 136 cm³/mol. The van der Waals surface area contributed by atoms with E-state index in [1.807, 2.05) is 0 Å². The van der Waals surface area contributed by atoms with Crippen molar-refractivity contribution >= 4 is 37.3 Å². The number of nitrogens with zero attached hydrogens (tertiary/aromatic N) is 1. The summed E-state index contributed by atoms with van der Waals surface area (Å²) >= 11 is 0. The molecule has 3 aromatic carbocycles. The lowest BCUT2D eigenvalue weighted by atomic mass is 10.2. The molecule has 0 aliphatic carbocycles. The van der Waals surface area contributed by atoms with Gasteiger partial charge in [-0.15, -0.1) is 0 Å². The molecule has 0 atom stereocenters. The maximum absolute atomic E-state index is 12.7. The summed E-state index contributed by atoms with van der Waals surface area (Å²) in [4.78, 5) is 12.5. The standard InChI is InChI=1S/C24H27N3O7S2/c1-17-8-11-22(36(31,32)27(2)3)15-23(17)25-24(28)16-34-19-9-12-21(13-10-19)35(29,30)26-18-6-5-7-20(14-18)33-4/h5-15,26H,16H2,1-4H3,(H,25,28). The molecule has 0 radical (unpaired) electrons. The Balaban J connectivity index is 1.63. The molecule has 12 heteroatoms. The van der Waals surface area contributed by atoms with Crippen molar-refractivity contribution in [2.75, 3.05) is 37.9 Å². The average Bonchev–Trinajstić information content (AvgIpc) is 2.84. The molecule has 0 fully saturated rings. The van der Waals surface area contributed by atoms with Crippen molar-refractivity contribution in [2.24, 2.45) is 0 Å². The highest BCUT2D eigenvalue weighted by atomic mass is 32.2. The molecule has 0 aliphatic rings. The smallest absolute Gasteiger partial charge is 0.262 e. The molecule has 1 amide bonds. The fourth-order valence-electron chi connectivity index (χ4n) is 3.06. The van der Waals surface area contributed by atoms with Gasteiger partial charge in [-0.25, -0.2) is 21.1 Å². The van der Waals surface area contributed by atoms with Gasteiger partial charge in [0.05, 0.1) is 22.6 Å². The van der Waals surface area contributed by atoms with Crippen molar-refractivity contribution in [3.63, 3.8) is 0 Å². The molecule has 0 aliphatic heterocycles. The Hall–Kier alpha value is -3.61. The molecular formula is C24H27N3O7S2. The quantitative estimate of drug-likeness (QED) is 0.409. The number of amides is 1. The van der Waals surface area contributed by atoms with Gasteiger partial charge in [0, 0.05) is 25.8 Å². The van der Waals surface area contributed by atoms with Gasteiger partial charge in [0.2, 0.25) is 10.0 Å². The summed E-state index contributed by atoms with van der Waals surface area (Å²) in [5, 5.41) is 2.64. The van der Waals surface area contributed by atoms with Crippen molar-refractivity contribution in [3.8, 4) is 11.5 Å². The number of aryl methyl sites for hydroxylation is 1. The molecule has 192 valence electrons. The van der Waals surface area contributed by atoms with Crippen LogP contribution in [0.4, 0.5) is 11.4 Å². The largest absolute Gasteiger partial charge is 0.497 e.